The van der Waals surface area contributed by atoms with Crippen molar-refractivity contribution < 1.29 is 9.47 Å². The molecule has 0 amide bonds. The lowest BCUT2D eigenvalue weighted by Crippen LogP contribution is -2.40. The number of anilines is 2. The first-order chi connectivity index (χ1) is 15.1. The number of nitrogens with zero attached hydrogens (tertiary/aromatic N) is 5. The van der Waals surface area contributed by atoms with E-state index in [4.69, 9.17) is 19.4 Å². The first kappa shape index (κ1) is 19.3. The molecule has 2 aromatic rings. The van der Waals surface area contributed by atoms with Crippen LogP contribution in [0.2, 0.25) is 0 Å². The normalized spacial score (nSPS) is 22.1. The molecule has 2 fully saturated rings. The SMILES string of the molecule is Cn1ccc2c(c1=O)CN(c1nc3c(c(N4CCOC5(CCC5)CC4)n1)COC3)CC2. The van der Waals surface area contributed by atoms with Crippen molar-refractivity contribution in [2.24, 2.45) is 7.05 Å². The summed E-state index contributed by atoms with van der Waals surface area (Å²) in [6.45, 7) is 4.98. The minimum Gasteiger partial charge on any atom is -0.373 e. The standard InChI is InChI=1S/C23H29N5O3/c1-26-8-3-16-4-9-28(13-17(16)21(26)29)22-24-19-15-30-14-18(19)20(25-22)27-10-7-23(5-2-6-23)31-12-11-27/h3,8H,2,4-7,9-15H2,1H3. The van der Waals surface area contributed by atoms with Crippen LogP contribution in [0.4, 0.5) is 11.8 Å². The Kier molecular flexibility index (Phi) is 4.54. The minimum atomic E-state index is 0.0716. The Balaban J connectivity index is 1.33. The number of aryl methyl sites for hydroxylation is 1. The zero-order valence-corrected chi connectivity index (χ0v) is 18.1. The first-order valence-electron chi connectivity index (χ1n) is 11.4. The molecule has 1 spiro atoms. The van der Waals surface area contributed by atoms with E-state index in [9.17, 15) is 4.79 Å². The summed E-state index contributed by atoms with van der Waals surface area (Å²) in [5.41, 5.74) is 4.26. The molecule has 0 radical (unpaired) electrons. The van der Waals surface area contributed by atoms with Crippen molar-refractivity contribution in [1.82, 2.24) is 14.5 Å². The van der Waals surface area contributed by atoms with E-state index in [1.165, 1.54) is 19.3 Å². The fourth-order valence-corrected chi connectivity index (χ4v) is 5.32. The summed E-state index contributed by atoms with van der Waals surface area (Å²) in [6, 6.07) is 2.06. The van der Waals surface area contributed by atoms with Crippen molar-refractivity contribution in [1.29, 1.82) is 0 Å². The molecule has 1 aliphatic carbocycles. The zero-order chi connectivity index (χ0) is 21.0. The molecule has 8 nitrogen and oxygen atoms in total. The fourth-order valence-electron chi connectivity index (χ4n) is 5.32. The van der Waals surface area contributed by atoms with E-state index in [1.807, 2.05) is 6.20 Å². The number of rotatable bonds is 2. The molecule has 0 unspecified atom stereocenters. The average Bonchev–Trinajstić information content (AvgIpc) is 3.12. The molecule has 31 heavy (non-hydrogen) atoms. The molecule has 4 aliphatic rings. The molecular formula is C23H29N5O3. The molecule has 2 aromatic heterocycles. The van der Waals surface area contributed by atoms with Crippen molar-refractivity contribution >= 4 is 11.8 Å². The van der Waals surface area contributed by atoms with Crippen molar-refractivity contribution in [3.8, 4) is 0 Å². The van der Waals surface area contributed by atoms with Crippen LogP contribution in [0.3, 0.4) is 0 Å². The minimum absolute atomic E-state index is 0.0716. The van der Waals surface area contributed by atoms with Crippen LogP contribution in [-0.2, 0) is 42.7 Å². The van der Waals surface area contributed by atoms with Crippen LogP contribution in [0, 0.1) is 0 Å². The van der Waals surface area contributed by atoms with E-state index in [2.05, 4.69) is 15.9 Å². The van der Waals surface area contributed by atoms with Gasteiger partial charge in [0, 0.05) is 44.0 Å². The van der Waals surface area contributed by atoms with Crippen LogP contribution in [0.25, 0.3) is 0 Å². The Morgan fingerprint density at radius 2 is 1.94 bits per heavy atom. The lowest BCUT2D eigenvalue weighted by atomic mass is 9.77. The molecule has 0 aromatic carbocycles. The number of aromatic nitrogens is 3. The molecule has 1 saturated heterocycles. The second-order valence-corrected chi connectivity index (χ2v) is 9.29. The van der Waals surface area contributed by atoms with Crippen molar-refractivity contribution in [2.45, 2.75) is 57.5 Å². The van der Waals surface area contributed by atoms with Crippen LogP contribution in [0.15, 0.2) is 17.1 Å². The number of hydrogen-bond acceptors (Lipinski definition) is 7. The van der Waals surface area contributed by atoms with Gasteiger partial charge in [-0.2, -0.15) is 4.98 Å². The molecule has 0 bridgehead atoms. The van der Waals surface area contributed by atoms with Crippen LogP contribution < -0.4 is 15.4 Å². The largest absolute Gasteiger partial charge is 0.373 e. The van der Waals surface area contributed by atoms with Gasteiger partial charge in [-0.1, -0.05) is 0 Å². The summed E-state index contributed by atoms with van der Waals surface area (Å²) < 4.78 is 13.6. The van der Waals surface area contributed by atoms with Crippen LogP contribution in [0.1, 0.15) is 48.1 Å². The Hall–Kier alpha value is -2.45. The van der Waals surface area contributed by atoms with E-state index < -0.39 is 0 Å². The Labute approximate surface area is 181 Å². The quantitative estimate of drug-likeness (QED) is 0.731. The lowest BCUT2D eigenvalue weighted by molar-refractivity contribution is -0.0928. The van der Waals surface area contributed by atoms with E-state index in [-0.39, 0.29) is 11.2 Å². The number of pyridine rings is 1. The number of fused-ring (bicyclic) bond motifs is 2. The van der Waals surface area contributed by atoms with Gasteiger partial charge >= 0.3 is 0 Å². The summed E-state index contributed by atoms with van der Waals surface area (Å²) in [6.07, 6.45) is 7.37. The second-order valence-electron chi connectivity index (χ2n) is 9.29. The maximum atomic E-state index is 12.7. The maximum absolute atomic E-state index is 12.7. The summed E-state index contributed by atoms with van der Waals surface area (Å²) in [4.78, 5) is 27.1. The van der Waals surface area contributed by atoms with Crippen molar-refractivity contribution in [3.63, 3.8) is 0 Å². The van der Waals surface area contributed by atoms with Crippen LogP contribution in [-0.4, -0.2) is 46.4 Å². The monoisotopic (exact) mass is 423 g/mol. The summed E-state index contributed by atoms with van der Waals surface area (Å²) in [5, 5.41) is 0. The molecule has 1 saturated carbocycles. The highest BCUT2D eigenvalue weighted by atomic mass is 16.5. The molecule has 5 heterocycles. The summed E-state index contributed by atoms with van der Waals surface area (Å²) in [7, 11) is 1.80. The predicted molar refractivity (Wildman–Crippen MR) is 116 cm³/mol. The van der Waals surface area contributed by atoms with Gasteiger partial charge in [-0.25, -0.2) is 4.98 Å². The Morgan fingerprint density at radius 3 is 2.77 bits per heavy atom. The second kappa shape index (κ2) is 7.31. The van der Waals surface area contributed by atoms with Crippen LogP contribution in [0.5, 0.6) is 0 Å². The fraction of sp³-hybridized carbons (Fsp3) is 0.609. The Bertz CT molecular complexity index is 1080. The van der Waals surface area contributed by atoms with Crippen molar-refractivity contribution in [3.05, 3.63) is 45.0 Å². The highest BCUT2D eigenvalue weighted by Gasteiger charge is 2.40. The van der Waals surface area contributed by atoms with Crippen molar-refractivity contribution in [2.75, 3.05) is 36.0 Å². The summed E-state index contributed by atoms with van der Waals surface area (Å²) >= 11 is 0. The molecule has 6 rings (SSSR count). The average molecular weight is 424 g/mol. The van der Waals surface area contributed by atoms with E-state index in [0.29, 0.717) is 25.7 Å². The third kappa shape index (κ3) is 3.24. The third-order valence-electron chi connectivity index (χ3n) is 7.46. The van der Waals surface area contributed by atoms with Gasteiger partial charge in [0.2, 0.25) is 5.95 Å². The molecule has 0 atom stereocenters. The maximum Gasteiger partial charge on any atom is 0.255 e. The molecule has 8 heteroatoms. The molecule has 0 N–H and O–H groups in total. The van der Waals surface area contributed by atoms with Gasteiger partial charge in [0.1, 0.15) is 5.82 Å². The number of ether oxygens (including phenoxy) is 2. The zero-order valence-electron chi connectivity index (χ0n) is 18.1. The first-order valence-corrected chi connectivity index (χ1v) is 11.4. The molecular weight excluding hydrogens is 394 g/mol. The van der Waals surface area contributed by atoms with Gasteiger partial charge in [0.05, 0.1) is 37.7 Å². The summed E-state index contributed by atoms with van der Waals surface area (Å²) in [5.74, 6) is 1.70. The van der Waals surface area contributed by atoms with Crippen LogP contribution >= 0.6 is 0 Å². The van der Waals surface area contributed by atoms with Gasteiger partial charge in [-0.05, 0) is 43.7 Å². The Morgan fingerprint density at radius 1 is 1.03 bits per heavy atom. The van der Waals surface area contributed by atoms with E-state index in [0.717, 1.165) is 67.3 Å². The van der Waals surface area contributed by atoms with Gasteiger partial charge in [0.25, 0.3) is 5.56 Å². The van der Waals surface area contributed by atoms with Gasteiger partial charge in [-0.3, -0.25) is 4.79 Å². The third-order valence-corrected chi connectivity index (χ3v) is 7.46. The van der Waals surface area contributed by atoms with E-state index >= 15 is 0 Å². The van der Waals surface area contributed by atoms with Gasteiger partial charge in [-0.15, -0.1) is 0 Å². The number of hydrogen-bond donors (Lipinski definition) is 0. The van der Waals surface area contributed by atoms with Gasteiger partial charge in [0.15, 0.2) is 0 Å². The lowest BCUT2D eigenvalue weighted by Gasteiger charge is -2.40. The molecule has 164 valence electrons. The topological polar surface area (TPSA) is 72.7 Å². The smallest absolute Gasteiger partial charge is 0.255 e. The highest BCUT2D eigenvalue weighted by molar-refractivity contribution is 5.55. The van der Waals surface area contributed by atoms with Gasteiger partial charge < -0.3 is 23.8 Å². The highest BCUT2D eigenvalue weighted by Crippen LogP contribution is 2.41. The molecule has 3 aliphatic heterocycles. The predicted octanol–water partition coefficient (Wildman–Crippen LogP) is 1.92. The van der Waals surface area contributed by atoms with E-state index in [1.54, 1.807) is 11.6 Å².